The molecule has 0 bridgehead atoms. The zero-order chi connectivity index (χ0) is 28.3. The molecule has 0 rings (SSSR count). The molecule has 0 saturated carbocycles. The van der Waals surface area contributed by atoms with Gasteiger partial charge in [-0.2, -0.15) is 65.9 Å². The summed E-state index contributed by atoms with van der Waals surface area (Å²) in [6.07, 6.45) is -5.30. The molecule has 0 amide bonds. The molecule has 0 spiro atoms. The van der Waals surface area contributed by atoms with Gasteiger partial charge in [-0.05, 0) is 12.8 Å². The molecule has 0 aromatic heterocycles. The maximum absolute atomic E-state index is 14.5. The summed E-state index contributed by atoms with van der Waals surface area (Å²) in [6.45, 7) is 2.68. The van der Waals surface area contributed by atoms with Crippen LogP contribution in [0, 0.1) is 5.92 Å². The van der Waals surface area contributed by atoms with Crippen molar-refractivity contribution >= 4 is 22.6 Å². The van der Waals surface area contributed by atoms with Gasteiger partial charge in [0.25, 0.3) is 0 Å². The summed E-state index contributed by atoms with van der Waals surface area (Å²) in [4.78, 5) is 0. The molecular weight excluding hydrogens is 640 g/mol. The Balaban J connectivity index is 6.10. The normalized spacial score (nSPS) is 17.0. The van der Waals surface area contributed by atoms with Crippen LogP contribution in [0.25, 0.3) is 0 Å². The molecule has 35 heavy (non-hydrogen) atoms. The van der Waals surface area contributed by atoms with Gasteiger partial charge in [-0.15, -0.1) is 0 Å². The van der Waals surface area contributed by atoms with E-state index in [-0.39, 0.29) is 12.8 Å². The molecule has 0 radical (unpaired) electrons. The smallest absolute Gasteiger partial charge is 0.199 e. The predicted octanol–water partition coefficient (Wildman–Crippen LogP) is 9.94. The largest absolute Gasteiger partial charge is 0.460 e. The Morgan fingerprint density at radius 2 is 0.886 bits per heavy atom. The van der Waals surface area contributed by atoms with Crippen LogP contribution in [-0.2, 0) is 0 Å². The van der Waals surface area contributed by atoms with E-state index in [2.05, 4.69) is 0 Å². The molecule has 0 saturated heterocycles. The second-order valence-corrected chi connectivity index (χ2v) is 9.68. The lowest BCUT2D eigenvalue weighted by molar-refractivity contribution is -0.454. The summed E-state index contributed by atoms with van der Waals surface area (Å²) in [5, 5.41) is 0. The molecule has 0 aliphatic rings. The Labute approximate surface area is 205 Å². The molecule has 212 valence electrons. The Kier molecular flexibility index (Phi) is 11.5. The van der Waals surface area contributed by atoms with Crippen molar-refractivity contribution in [3.8, 4) is 0 Å². The number of unbranched alkanes of at least 4 members (excludes halogenated alkanes) is 5. The number of hydrogen-bond donors (Lipinski definition) is 0. The summed E-state index contributed by atoms with van der Waals surface area (Å²) < 4.78 is 200. The predicted molar refractivity (Wildman–Crippen MR) is 105 cm³/mol. The molecule has 2 unspecified atom stereocenters. The first-order chi connectivity index (χ1) is 15.4. The van der Waals surface area contributed by atoms with Gasteiger partial charge < -0.3 is 0 Å². The van der Waals surface area contributed by atoms with Crippen molar-refractivity contribution in [2.45, 2.75) is 111 Å². The highest BCUT2D eigenvalue weighted by Crippen LogP contribution is 2.63. The minimum atomic E-state index is -8.23. The van der Waals surface area contributed by atoms with Crippen LogP contribution in [0.3, 0.4) is 0 Å². The van der Waals surface area contributed by atoms with Gasteiger partial charge in [-0.25, -0.2) is 0 Å². The van der Waals surface area contributed by atoms with E-state index in [1.54, 1.807) is 0 Å². The lowest BCUT2D eigenvalue weighted by Gasteiger charge is -2.43. The van der Waals surface area contributed by atoms with Crippen LogP contribution >= 0.6 is 22.6 Å². The fourth-order valence-electron chi connectivity index (χ4n) is 3.27. The maximum atomic E-state index is 14.5. The second-order valence-electron chi connectivity index (χ2n) is 8.08. The summed E-state index contributed by atoms with van der Waals surface area (Å²) >= 11 is 1.16. The van der Waals surface area contributed by atoms with Gasteiger partial charge in [-0.1, -0.05) is 75.0 Å². The lowest BCUT2D eigenvalue weighted by atomic mass is 9.82. The summed E-state index contributed by atoms with van der Waals surface area (Å²) in [7, 11) is 0. The van der Waals surface area contributed by atoms with E-state index in [9.17, 15) is 65.9 Å². The molecule has 16 heteroatoms. The zero-order valence-electron chi connectivity index (χ0n) is 18.4. The number of halogens is 16. The topological polar surface area (TPSA) is 0 Å². The second kappa shape index (κ2) is 11.6. The standard InChI is InChI=1S/C19H24F15I/c1-3-5-6-7-8-9-10-12(35)11(4-2)13(20,21)14(22,23)15(24,25)16(26,27)17(28,29)18(30,31)19(32,33)34/h11-12H,3-10H2,1-2H3. The first-order valence-electron chi connectivity index (χ1n) is 10.4. The fourth-order valence-corrected chi connectivity index (χ4v) is 4.67. The highest BCUT2D eigenvalue weighted by atomic mass is 127. The Morgan fingerprint density at radius 3 is 1.29 bits per heavy atom. The van der Waals surface area contributed by atoms with E-state index < -0.39 is 58.0 Å². The third-order valence-electron chi connectivity index (χ3n) is 5.53. The summed E-state index contributed by atoms with van der Waals surface area (Å²) in [5.41, 5.74) is 0. The Hall–Kier alpha value is -0.320. The number of alkyl halides is 16. The summed E-state index contributed by atoms with van der Waals surface area (Å²) in [6, 6.07) is 0. The SMILES string of the molecule is CCCCCCCCC(I)C(CC)C(F)(F)C(F)(F)C(F)(F)C(F)(F)C(F)(F)C(F)(F)C(F)(F)F. The molecule has 0 aromatic carbocycles. The summed E-state index contributed by atoms with van der Waals surface area (Å²) in [5.74, 6) is -48.8. The average molecular weight is 664 g/mol. The Bertz CT molecular complexity index is 657. The molecular formula is C19H24F15I. The van der Waals surface area contributed by atoms with Crippen LogP contribution in [0.15, 0.2) is 0 Å². The van der Waals surface area contributed by atoms with Crippen LogP contribution in [0.5, 0.6) is 0 Å². The van der Waals surface area contributed by atoms with Crippen molar-refractivity contribution in [1.29, 1.82) is 0 Å². The molecule has 0 aliphatic carbocycles. The first-order valence-corrected chi connectivity index (χ1v) is 11.7. The van der Waals surface area contributed by atoms with E-state index >= 15 is 0 Å². The maximum Gasteiger partial charge on any atom is 0.460 e. The Morgan fingerprint density at radius 1 is 0.514 bits per heavy atom. The number of hydrogen-bond acceptors (Lipinski definition) is 0. The van der Waals surface area contributed by atoms with E-state index in [1.165, 1.54) is 0 Å². The minimum Gasteiger partial charge on any atom is -0.199 e. The zero-order valence-corrected chi connectivity index (χ0v) is 20.5. The van der Waals surface area contributed by atoms with Crippen LogP contribution in [0.4, 0.5) is 65.9 Å². The van der Waals surface area contributed by atoms with E-state index in [4.69, 9.17) is 0 Å². The monoisotopic (exact) mass is 664 g/mol. The van der Waals surface area contributed by atoms with Gasteiger partial charge in [0.1, 0.15) is 0 Å². The van der Waals surface area contributed by atoms with Crippen molar-refractivity contribution < 1.29 is 65.9 Å². The highest BCUT2D eigenvalue weighted by molar-refractivity contribution is 14.1. The van der Waals surface area contributed by atoms with Gasteiger partial charge in [0.2, 0.25) is 0 Å². The third-order valence-corrected chi connectivity index (χ3v) is 7.02. The highest BCUT2D eigenvalue weighted by Gasteiger charge is 2.93. The average Bonchev–Trinajstić information content (AvgIpc) is 2.69. The van der Waals surface area contributed by atoms with Crippen molar-refractivity contribution in [3.05, 3.63) is 0 Å². The lowest BCUT2D eigenvalue weighted by Crippen LogP contribution is -2.73. The van der Waals surface area contributed by atoms with Gasteiger partial charge in [0, 0.05) is 9.84 Å². The van der Waals surface area contributed by atoms with Crippen molar-refractivity contribution in [3.63, 3.8) is 0 Å². The van der Waals surface area contributed by atoms with Crippen LogP contribution in [0.1, 0.15) is 65.2 Å². The van der Waals surface area contributed by atoms with Gasteiger partial charge in [-0.3, -0.25) is 0 Å². The van der Waals surface area contributed by atoms with Gasteiger partial charge >= 0.3 is 41.7 Å². The van der Waals surface area contributed by atoms with Crippen molar-refractivity contribution in [2.75, 3.05) is 0 Å². The fraction of sp³-hybridized carbons (Fsp3) is 1.00. The van der Waals surface area contributed by atoms with Gasteiger partial charge in [0.15, 0.2) is 0 Å². The molecule has 0 fully saturated rings. The van der Waals surface area contributed by atoms with E-state index in [0.717, 1.165) is 48.8 Å². The molecule has 0 aliphatic heterocycles. The molecule has 2 atom stereocenters. The number of rotatable bonds is 15. The minimum absolute atomic E-state index is 0.137. The van der Waals surface area contributed by atoms with Crippen LogP contribution < -0.4 is 0 Å². The molecule has 0 heterocycles. The quantitative estimate of drug-likeness (QED) is 0.0708. The van der Waals surface area contributed by atoms with Crippen LogP contribution in [-0.4, -0.2) is 45.6 Å². The first kappa shape index (κ1) is 34.7. The van der Waals surface area contributed by atoms with Crippen molar-refractivity contribution in [1.82, 2.24) is 0 Å². The molecule has 0 aromatic rings. The van der Waals surface area contributed by atoms with Crippen LogP contribution in [0.2, 0.25) is 0 Å². The third kappa shape index (κ3) is 6.23. The molecule has 0 nitrogen and oxygen atoms in total. The van der Waals surface area contributed by atoms with Gasteiger partial charge in [0.05, 0.1) is 0 Å². The van der Waals surface area contributed by atoms with E-state index in [1.807, 2.05) is 6.92 Å². The van der Waals surface area contributed by atoms with E-state index in [0.29, 0.717) is 12.8 Å². The molecule has 0 N–H and O–H groups in total. The van der Waals surface area contributed by atoms with Crippen molar-refractivity contribution in [2.24, 2.45) is 5.92 Å².